The van der Waals surface area contributed by atoms with Crippen molar-refractivity contribution in [1.82, 2.24) is 0 Å². The van der Waals surface area contributed by atoms with Gasteiger partial charge in [-0.1, -0.05) is 6.07 Å². The summed E-state index contributed by atoms with van der Waals surface area (Å²) >= 11 is 1.62. The lowest BCUT2D eigenvalue weighted by Gasteiger charge is -2.06. The molecule has 4 N–H and O–H groups in total. The fraction of sp³-hybridized carbons (Fsp3) is 0. The highest BCUT2D eigenvalue weighted by atomic mass is 32.1. The second-order valence-corrected chi connectivity index (χ2v) is 4.10. The minimum atomic E-state index is -0.865. The van der Waals surface area contributed by atoms with E-state index < -0.39 is 6.09 Å². The van der Waals surface area contributed by atoms with Gasteiger partial charge in [-0.05, 0) is 35.2 Å². The average Bonchev–Trinajstić information content (AvgIpc) is 2.73. The number of rotatable bonds is 2. The largest absolute Gasteiger partial charge is 0.410 e. The first-order valence-corrected chi connectivity index (χ1v) is 5.45. The highest BCUT2D eigenvalue weighted by Crippen LogP contribution is 2.30. The second-order valence-electron chi connectivity index (χ2n) is 3.15. The Morgan fingerprint density at radius 2 is 2.12 bits per heavy atom. The van der Waals surface area contributed by atoms with Crippen molar-refractivity contribution in [1.29, 1.82) is 0 Å². The number of nitrogen functional groups attached to an aromatic ring is 1. The van der Waals surface area contributed by atoms with Gasteiger partial charge in [0.25, 0.3) is 0 Å². The molecule has 1 aromatic carbocycles. The van der Waals surface area contributed by atoms with Gasteiger partial charge in [0, 0.05) is 4.88 Å². The molecule has 0 atom stereocenters. The highest BCUT2D eigenvalue weighted by Gasteiger charge is 2.06. The third kappa shape index (κ3) is 2.14. The van der Waals surface area contributed by atoms with Crippen LogP contribution in [0.15, 0.2) is 35.7 Å². The minimum Gasteiger partial charge on any atom is -0.408 e. The third-order valence-corrected chi connectivity index (χ3v) is 2.94. The van der Waals surface area contributed by atoms with Crippen LogP contribution in [0.1, 0.15) is 0 Å². The Hall–Kier alpha value is -2.01. The molecule has 1 amide bonds. The van der Waals surface area contributed by atoms with E-state index in [1.165, 1.54) is 0 Å². The Bertz CT molecular complexity index is 509. The molecule has 4 nitrogen and oxygen atoms in total. The molecule has 0 radical (unpaired) electrons. The SMILES string of the molecule is NC(=O)Oc1ccc(-c2cccs2)cc1N. The lowest BCUT2D eigenvalue weighted by Crippen LogP contribution is -2.16. The van der Waals surface area contributed by atoms with Gasteiger partial charge in [-0.15, -0.1) is 11.3 Å². The van der Waals surface area contributed by atoms with Crippen molar-refractivity contribution in [3.05, 3.63) is 35.7 Å². The van der Waals surface area contributed by atoms with E-state index >= 15 is 0 Å². The normalized spacial score (nSPS) is 10.0. The van der Waals surface area contributed by atoms with Crippen molar-refractivity contribution in [2.75, 3.05) is 5.73 Å². The number of thiophene rings is 1. The van der Waals surface area contributed by atoms with Crippen molar-refractivity contribution in [2.45, 2.75) is 0 Å². The van der Waals surface area contributed by atoms with E-state index in [1.54, 1.807) is 23.5 Å². The van der Waals surface area contributed by atoms with Crippen molar-refractivity contribution in [3.63, 3.8) is 0 Å². The number of amides is 1. The Labute approximate surface area is 96.4 Å². The predicted molar refractivity (Wildman–Crippen MR) is 64.4 cm³/mol. The molecule has 0 aliphatic rings. The Morgan fingerprint density at radius 3 is 2.69 bits per heavy atom. The Morgan fingerprint density at radius 1 is 1.31 bits per heavy atom. The first-order chi connectivity index (χ1) is 7.66. The first kappa shape index (κ1) is 10.5. The zero-order valence-corrected chi connectivity index (χ0v) is 9.16. The average molecular weight is 234 g/mol. The van der Waals surface area contributed by atoms with E-state index in [1.807, 2.05) is 23.6 Å². The molecule has 0 spiro atoms. The molecular weight excluding hydrogens is 224 g/mol. The van der Waals surface area contributed by atoms with Crippen molar-refractivity contribution >= 4 is 23.1 Å². The molecule has 82 valence electrons. The number of hydrogen-bond donors (Lipinski definition) is 2. The van der Waals surface area contributed by atoms with E-state index in [0.29, 0.717) is 5.69 Å². The van der Waals surface area contributed by atoms with Crippen LogP contribution >= 0.6 is 11.3 Å². The quantitative estimate of drug-likeness (QED) is 0.783. The Balaban J connectivity index is 2.33. The molecule has 2 rings (SSSR count). The Kier molecular flexibility index (Phi) is 2.78. The minimum absolute atomic E-state index is 0.285. The van der Waals surface area contributed by atoms with Gasteiger partial charge >= 0.3 is 6.09 Å². The first-order valence-electron chi connectivity index (χ1n) is 4.57. The van der Waals surface area contributed by atoms with Crippen molar-refractivity contribution in [2.24, 2.45) is 5.73 Å². The zero-order valence-electron chi connectivity index (χ0n) is 8.34. The van der Waals surface area contributed by atoms with Gasteiger partial charge < -0.3 is 16.2 Å². The van der Waals surface area contributed by atoms with Crippen LogP contribution in [0.3, 0.4) is 0 Å². The molecule has 0 aliphatic heterocycles. The predicted octanol–water partition coefficient (Wildman–Crippen LogP) is 2.45. The fourth-order valence-electron chi connectivity index (χ4n) is 1.35. The standard InChI is InChI=1S/C11H10N2O2S/c12-8-6-7(10-2-1-5-16-10)3-4-9(8)15-11(13)14/h1-6H,12H2,(H2,13,14). The summed E-state index contributed by atoms with van der Waals surface area (Å²) in [6.07, 6.45) is -0.865. The lowest BCUT2D eigenvalue weighted by molar-refractivity contribution is 0.211. The van der Waals surface area contributed by atoms with Crippen LogP contribution in [-0.4, -0.2) is 6.09 Å². The molecular formula is C11H10N2O2S. The molecule has 0 bridgehead atoms. The van der Waals surface area contributed by atoms with Crippen LogP contribution in [0.4, 0.5) is 10.5 Å². The number of anilines is 1. The smallest absolute Gasteiger partial charge is 0.408 e. The maximum absolute atomic E-state index is 10.6. The van der Waals surface area contributed by atoms with Crippen molar-refractivity contribution in [3.8, 4) is 16.2 Å². The van der Waals surface area contributed by atoms with Crippen LogP contribution < -0.4 is 16.2 Å². The molecule has 0 unspecified atom stereocenters. The summed E-state index contributed by atoms with van der Waals surface area (Å²) in [7, 11) is 0. The summed E-state index contributed by atoms with van der Waals surface area (Å²) in [5.74, 6) is 0.285. The van der Waals surface area contributed by atoms with Crippen LogP contribution in [0, 0.1) is 0 Å². The highest BCUT2D eigenvalue weighted by molar-refractivity contribution is 7.13. The summed E-state index contributed by atoms with van der Waals surface area (Å²) in [5.41, 5.74) is 12.0. The summed E-state index contributed by atoms with van der Waals surface area (Å²) in [6.45, 7) is 0. The molecule has 0 fully saturated rings. The van der Waals surface area contributed by atoms with E-state index in [-0.39, 0.29) is 5.75 Å². The molecule has 0 aliphatic carbocycles. The van der Waals surface area contributed by atoms with Crippen LogP contribution in [0.25, 0.3) is 10.4 Å². The van der Waals surface area contributed by atoms with Crippen LogP contribution in [0.2, 0.25) is 0 Å². The monoisotopic (exact) mass is 234 g/mol. The summed E-state index contributed by atoms with van der Waals surface area (Å²) < 4.78 is 4.73. The van der Waals surface area contributed by atoms with E-state index in [0.717, 1.165) is 10.4 Å². The van der Waals surface area contributed by atoms with Crippen LogP contribution in [-0.2, 0) is 0 Å². The number of carbonyl (C=O) groups is 1. The van der Waals surface area contributed by atoms with E-state index in [4.69, 9.17) is 16.2 Å². The summed E-state index contributed by atoms with van der Waals surface area (Å²) in [5, 5.41) is 1.99. The number of ether oxygens (including phenoxy) is 1. The molecule has 2 aromatic rings. The maximum atomic E-state index is 10.6. The zero-order chi connectivity index (χ0) is 11.5. The molecule has 16 heavy (non-hydrogen) atoms. The van der Waals surface area contributed by atoms with Gasteiger partial charge in [0.15, 0.2) is 5.75 Å². The molecule has 0 saturated heterocycles. The molecule has 1 heterocycles. The van der Waals surface area contributed by atoms with Gasteiger partial charge in [0.1, 0.15) is 0 Å². The van der Waals surface area contributed by atoms with Gasteiger partial charge in [0.2, 0.25) is 0 Å². The van der Waals surface area contributed by atoms with Gasteiger partial charge in [0.05, 0.1) is 5.69 Å². The summed E-state index contributed by atoms with van der Waals surface area (Å²) in [6, 6.07) is 9.18. The number of carbonyl (C=O) groups excluding carboxylic acids is 1. The van der Waals surface area contributed by atoms with E-state index in [9.17, 15) is 4.79 Å². The van der Waals surface area contributed by atoms with Gasteiger partial charge in [-0.2, -0.15) is 0 Å². The third-order valence-electron chi connectivity index (χ3n) is 2.03. The number of nitrogens with two attached hydrogens (primary N) is 2. The number of benzene rings is 1. The second kappa shape index (κ2) is 4.24. The topological polar surface area (TPSA) is 78.3 Å². The summed E-state index contributed by atoms with van der Waals surface area (Å²) in [4.78, 5) is 11.7. The molecule has 5 heteroatoms. The number of primary amides is 1. The maximum Gasteiger partial charge on any atom is 0.410 e. The van der Waals surface area contributed by atoms with Gasteiger partial charge in [-0.25, -0.2) is 4.79 Å². The molecule has 1 aromatic heterocycles. The number of hydrogen-bond acceptors (Lipinski definition) is 4. The van der Waals surface area contributed by atoms with Crippen molar-refractivity contribution < 1.29 is 9.53 Å². The van der Waals surface area contributed by atoms with E-state index in [2.05, 4.69) is 0 Å². The molecule has 0 saturated carbocycles. The van der Waals surface area contributed by atoms with Gasteiger partial charge in [-0.3, -0.25) is 0 Å². The fourth-order valence-corrected chi connectivity index (χ4v) is 2.07. The van der Waals surface area contributed by atoms with Crippen LogP contribution in [0.5, 0.6) is 5.75 Å². The lowest BCUT2D eigenvalue weighted by atomic mass is 10.1.